The summed E-state index contributed by atoms with van der Waals surface area (Å²) in [6.07, 6.45) is 8.80. The molecule has 1 aliphatic carbocycles. The first-order valence-corrected chi connectivity index (χ1v) is 11.6. The first-order valence-electron chi connectivity index (χ1n) is 11.6. The molecule has 0 spiro atoms. The first kappa shape index (κ1) is 22.7. The minimum atomic E-state index is -1.02. The van der Waals surface area contributed by atoms with E-state index in [1.54, 1.807) is 30.6 Å². The maximum atomic E-state index is 15.9. The van der Waals surface area contributed by atoms with Gasteiger partial charge >= 0.3 is 5.97 Å². The quantitative estimate of drug-likeness (QED) is 0.192. The van der Waals surface area contributed by atoms with Gasteiger partial charge in [0.15, 0.2) is 0 Å². The second kappa shape index (κ2) is 9.29. The fourth-order valence-corrected chi connectivity index (χ4v) is 4.72. The van der Waals surface area contributed by atoms with E-state index < -0.39 is 11.9 Å². The van der Waals surface area contributed by atoms with Gasteiger partial charge in [0.2, 0.25) is 5.95 Å². The number of halogens is 2. The number of fused-ring (bicyclic) bond motifs is 1. The number of aromatic nitrogens is 2. The Bertz CT molecular complexity index is 1480. The molecule has 1 aliphatic rings. The molecule has 1 fully saturated rings. The van der Waals surface area contributed by atoms with Crippen LogP contribution < -0.4 is 0 Å². The highest BCUT2D eigenvalue weighted by Gasteiger charge is 2.29. The lowest BCUT2D eigenvalue weighted by Crippen LogP contribution is -2.16. The third-order valence-corrected chi connectivity index (χ3v) is 6.65. The van der Waals surface area contributed by atoms with Crippen LogP contribution in [-0.2, 0) is 4.79 Å². The number of carboxylic acids is 1. The maximum Gasteiger partial charge on any atom is 0.328 e. The predicted octanol–water partition coefficient (Wildman–Crippen LogP) is 6.78. The van der Waals surface area contributed by atoms with Gasteiger partial charge in [-0.2, -0.15) is 4.39 Å². The topological polar surface area (TPSA) is 54.6 Å². The molecule has 4 nitrogen and oxygen atoms in total. The van der Waals surface area contributed by atoms with Gasteiger partial charge in [0.25, 0.3) is 0 Å². The highest BCUT2D eigenvalue weighted by molar-refractivity contribution is 6.00. The fourth-order valence-electron chi connectivity index (χ4n) is 4.72. The molecule has 5 rings (SSSR count). The number of aryl methyl sites for hydroxylation is 1. The molecule has 1 saturated carbocycles. The highest BCUT2D eigenvalue weighted by Crippen LogP contribution is 2.46. The van der Waals surface area contributed by atoms with Crippen LogP contribution in [0.25, 0.3) is 22.9 Å². The van der Waals surface area contributed by atoms with E-state index in [0.29, 0.717) is 11.2 Å². The molecular formula is C29H24F2N2O2. The van der Waals surface area contributed by atoms with Crippen LogP contribution in [0.4, 0.5) is 8.78 Å². The van der Waals surface area contributed by atoms with Crippen molar-refractivity contribution in [3.63, 3.8) is 0 Å². The molecule has 6 heteroatoms. The van der Waals surface area contributed by atoms with Crippen LogP contribution in [0.3, 0.4) is 0 Å². The minimum absolute atomic E-state index is 0.221. The Labute approximate surface area is 201 Å². The SMILES string of the molecule is Cc1cc(F)ccc1C(=C(c1ccc(C=CC(=O)O)cc1)c1ccc2nccn2c1F)C1CCC1. The summed E-state index contributed by atoms with van der Waals surface area (Å²) >= 11 is 0. The number of hydrogen-bond donors (Lipinski definition) is 1. The number of carboxylic acid groups (broad SMARTS) is 1. The molecule has 0 radical (unpaired) electrons. The predicted molar refractivity (Wildman–Crippen MR) is 133 cm³/mol. The van der Waals surface area contributed by atoms with Crippen molar-refractivity contribution in [1.82, 2.24) is 9.38 Å². The Hall–Kier alpha value is -4.06. The largest absolute Gasteiger partial charge is 0.478 e. The van der Waals surface area contributed by atoms with Gasteiger partial charge in [0, 0.05) is 24.0 Å². The van der Waals surface area contributed by atoms with Crippen molar-refractivity contribution in [1.29, 1.82) is 0 Å². The van der Waals surface area contributed by atoms with E-state index in [9.17, 15) is 9.18 Å². The van der Waals surface area contributed by atoms with Crippen molar-refractivity contribution < 1.29 is 18.7 Å². The molecule has 0 unspecified atom stereocenters. The van der Waals surface area contributed by atoms with Gasteiger partial charge in [-0.25, -0.2) is 14.2 Å². The number of rotatable bonds is 6. The Morgan fingerprint density at radius 3 is 2.46 bits per heavy atom. The standard InChI is InChI=1S/C29H24F2N2O2/c1-18-17-22(30)10-11-23(18)27(20-3-2-4-20)28(21-8-5-19(6-9-21)7-14-26(34)35)24-12-13-25-32-15-16-33(25)29(24)31/h5-17,20H,2-4H2,1H3,(H,34,35). The molecule has 2 aromatic heterocycles. The maximum absolute atomic E-state index is 15.9. The summed E-state index contributed by atoms with van der Waals surface area (Å²) in [7, 11) is 0. The summed E-state index contributed by atoms with van der Waals surface area (Å²) < 4.78 is 31.3. The number of aliphatic carboxylic acids is 1. The van der Waals surface area contributed by atoms with Crippen molar-refractivity contribution in [2.75, 3.05) is 0 Å². The molecule has 1 N–H and O–H groups in total. The van der Waals surface area contributed by atoms with Gasteiger partial charge in [-0.1, -0.05) is 36.8 Å². The van der Waals surface area contributed by atoms with Crippen LogP contribution in [0.1, 0.15) is 47.1 Å². The van der Waals surface area contributed by atoms with Crippen molar-refractivity contribution in [3.05, 3.63) is 113 Å². The molecule has 2 heterocycles. The van der Waals surface area contributed by atoms with Gasteiger partial charge in [0.1, 0.15) is 11.5 Å². The number of nitrogens with zero attached hydrogens (tertiary/aromatic N) is 2. The Morgan fingerprint density at radius 2 is 1.80 bits per heavy atom. The molecule has 0 atom stereocenters. The second-order valence-corrected chi connectivity index (χ2v) is 8.86. The smallest absolute Gasteiger partial charge is 0.328 e. The molecule has 0 bridgehead atoms. The van der Waals surface area contributed by atoms with E-state index in [-0.39, 0.29) is 11.7 Å². The van der Waals surface area contributed by atoms with Gasteiger partial charge in [-0.3, -0.25) is 4.40 Å². The van der Waals surface area contributed by atoms with E-state index in [4.69, 9.17) is 5.11 Å². The zero-order chi connectivity index (χ0) is 24.5. The van der Waals surface area contributed by atoms with Gasteiger partial charge < -0.3 is 5.11 Å². The van der Waals surface area contributed by atoms with Crippen LogP contribution in [0.5, 0.6) is 0 Å². The second-order valence-electron chi connectivity index (χ2n) is 8.86. The normalized spacial score (nSPS) is 14.8. The molecule has 0 aliphatic heterocycles. The molecule has 2 aromatic carbocycles. The number of allylic oxidation sites excluding steroid dienone is 1. The van der Waals surface area contributed by atoms with Crippen LogP contribution >= 0.6 is 0 Å². The van der Waals surface area contributed by atoms with E-state index in [1.807, 2.05) is 31.2 Å². The summed E-state index contributed by atoms with van der Waals surface area (Å²) in [4.78, 5) is 15.1. The van der Waals surface area contributed by atoms with Gasteiger partial charge in [0.05, 0.1) is 0 Å². The van der Waals surface area contributed by atoms with Crippen LogP contribution in [-0.4, -0.2) is 20.5 Å². The summed E-state index contributed by atoms with van der Waals surface area (Å²) in [5.41, 5.74) is 5.95. The third-order valence-electron chi connectivity index (χ3n) is 6.65. The zero-order valence-electron chi connectivity index (χ0n) is 19.2. The molecular weight excluding hydrogens is 446 g/mol. The van der Waals surface area contributed by atoms with Crippen molar-refractivity contribution in [3.8, 4) is 0 Å². The summed E-state index contributed by atoms with van der Waals surface area (Å²) in [6.45, 7) is 1.88. The van der Waals surface area contributed by atoms with Crippen molar-refractivity contribution in [2.45, 2.75) is 26.2 Å². The molecule has 176 valence electrons. The lowest BCUT2D eigenvalue weighted by Gasteiger charge is -2.32. The number of benzene rings is 2. The average Bonchev–Trinajstić information content (AvgIpc) is 3.28. The molecule has 0 saturated heterocycles. The lowest BCUT2D eigenvalue weighted by molar-refractivity contribution is -0.131. The number of hydrogen-bond acceptors (Lipinski definition) is 2. The van der Waals surface area contributed by atoms with Crippen molar-refractivity contribution in [2.24, 2.45) is 5.92 Å². The minimum Gasteiger partial charge on any atom is -0.478 e. The Balaban J connectivity index is 1.79. The lowest BCUT2D eigenvalue weighted by atomic mass is 9.72. The first-order chi connectivity index (χ1) is 16.9. The molecule has 0 amide bonds. The molecule has 4 aromatic rings. The summed E-state index contributed by atoms with van der Waals surface area (Å²) in [5.74, 6) is -1.52. The van der Waals surface area contributed by atoms with Crippen LogP contribution in [0, 0.1) is 24.6 Å². The number of carbonyl (C=O) groups is 1. The molecule has 35 heavy (non-hydrogen) atoms. The average molecular weight is 471 g/mol. The zero-order valence-corrected chi connectivity index (χ0v) is 19.2. The van der Waals surface area contributed by atoms with E-state index >= 15 is 4.39 Å². The van der Waals surface area contributed by atoms with Crippen LogP contribution in [0.15, 0.2) is 73.1 Å². The summed E-state index contributed by atoms with van der Waals surface area (Å²) in [5, 5.41) is 8.93. The highest BCUT2D eigenvalue weighted by atomic mass is 19.1. The van der Waals surface area contributed by atoms with E-state index in [2.05, 4.69) is 4.98 Å². The Kier molecular flexibility index (Phi) is 6.03. The monoisotopic (exact) mass is 470 g/mol. The fraction of sp³-hybridized carbons (Fsp3) is 0.172. The summed E-state index contributed by atoms with van der Waals surface area (Å²) in [6, 6.07) is 15.7. The van der Waals surface area contributed by atoms with E-state index in [0.717, 1.165) is 58.7 Å². The Morgan fingerprint density at radius 1 is 1.06 bits per heavy atom. The van der Waals surface area contributed by atoms with Gasteiger partial charge in [-0.05, 0) is 89.4 Å². The van der Waals surface area contributed by atoms with Gasteiger partial charge in [-0.15, -0.1) is 0 Å². The van der Waals surface area contributed by atoms with Crippen molar-refractivity contribution >= 4 is 28.8 Å². The third kappa shape index (κ3) is 4.39. The number of imidazole rings is 1. The van der Waals surface area contributed by atoms with Crippen LogP contribution in [0.2, 0.25) is 0 Å². The number of pyridine rings is 1. The van der Waals surface area contributed by atoms with E-state index in [1.165, 1.54) is 22.6 Å².